The number of methoxy groups -OCH3 is 1. The average Bonchev–Trinajstić information content (AvgIpc) is 3.56. The number of aromatic nitrogens is 8. The number of rotatable bonds is 5. The van der Waals surface area contributed by atoms with Gasteiger partial charge in [0.25, 0.3) is 0 Å². The molecule has 196 valence electrons. The third-order valence-electron chi connectivity index (χ3n) is 7.65. The highest BCUT2D eigenvalue weighted by Gasteiger charge is 2.35. The molecule has 1 aliphatic heterocycles. The largest absolute Gasteiger partial charge is 0.464 e. The van der Waals surface area contributed by atoms with E-state index in [0.717, 1.165) is 57.5 Å². The molecule has 6 rings (SSSR count). The molecular formula is C27H30N8O3. The van der Waals surface area contributed by atoms with E-state index in [2.05, 4.69) is 38.0 Å². The second-order valence-electron chi connectivity index (χ2n) is 9.90. The zero-order valence-corrected chi connectivity index (χ0v) is 22.2. The lowest BCUT2D eigenvalue weighted by atomic mass is 9.85. The lowest BCUT2D eigenvalue weighted by Crippen LogP contribution is -2.28. The van der Waals surface area contributed by atoms with Gasteiger partial charge in [-0.1, -0.05) is 5.21 Å². The maximum atomic E-state index is 13.0. The van der Waals surface area contributed by atoms with Gasteiger partial charge in [0, 0.05) is 51.5 Å². The van der Waals surface area contributed by atoms with Crippen molar-refractivity contribution < 1.29 is 14.3 Å². The third kappa shape index (κ3) is 3.68. The smallest absolute Gasteiger partial charge is 0.360 e. The highest BCUT2D eigenvalue weighted by atomic mass is 16.5. The first-order valence-corrected chi connectivity index (χ1v) is 12.7. The molecule has 1 saturated heterocycles. The van der Waals surface area contributed by atoms with Crippen LogP contribution in [0.4, 0.5) is 0 Å². The summed E-state index contributed by atoms with van der Waals surface area (Å²) in [4.78, 5) is 22.5. The summed E-state index contributed by atoms with van der Waals surface area (Å²) in [5, 5.41) is 13.0. The summed E-state index contributed by atoms with van der Waals surface area (Å²) in [6, 6.07) is 4.03. The Morgan fingerprint density at radius 3 is 2.61 bits per heavy atom. The molecule has 0 aromatic carbocycles. The number of aryl methyl sites for hydroxylation is 4. The van der Waals surface area contributed by atoms with Gasteiger partial charge >= 0.3 is 5.97 Å². The maximum Gasteiger partial charge on any atom is 0.360 e. The Bertz CT molecular complexity index is 1660. The lowest BCUT2D eigenvalue weighted by Gasteiger charge is -2.33. The van der Waals surface area contributed by atoms with Gasteiger partial charge in [0.15, 0.2) is 5.69 Å². The van der Waals surface area contributed by atoms with Crippen molar-refractivity contribution in [3.63, 3.8) is 0 Å². The SMILES string of the molecule is COC(=O)c1nn(C)c2c3ncc(-c4c(C)nnn4C)cc3n(C(c3cnccc3C)C3CCOCC3)c12. The highest BCUT2D eigenvalue weighted by molar-refractivity contribution is 6.11. The molecule has 1 fully saturated rings. The van der Waals surface area contributed by atoms with Crippen molar-refractivity contribution in [1.82, 2.24) is 39.3 Å². The topological polar surface area (TPSA) is 115 Å². The van der Waals surface area contributed by atoms with E-state index in [-0.39, 0.29) is 17.7 Å². The Morgan fingerprint density at radius 2 is 1.92 bits per heavy atom. The molecule has 5 aromatic heterocycles. The predicted octanol–water partition coefficient (Wildman–Crippen LogP) is 3.53. The van der Waals surface area contributed by atoms with E-state index in [1.807, 2.05) is 45.7 Å². The first kappa shape index (κ1) is 24.2. The summed E-state index contributed by atoms with van der Waals surface area (Å²) in [6.07, 6.45) is 7.35. The number of hydrogen-bond donors (Lipinski definition) is 0. The number of fused-ring (bicyclic) bond motifs is 3. The Kier molecular flexibility index (Phi) is 5.94. The fourth-order valence-corrected chi connectivity index (χ4v) is 5.88. The van der Waals surface area contributed by atoms with Crippen LogP contribution in [0.25, 0.3) is 33.3 Å². The van der Waals surface area contributed by atoms with Crippen LogP contribution in [0.2, 0.25) is 0 Å². The van der Waals surface area contributed by atoms with Crippen molar-refractivity contribution in [3.8, 4) is 11.3 Å². The summed E-state index contributed by atoms with van der Waals surface area (Å²) < 4.78 is 16.6. The van der Waals surface area contributed by atoms with Gasteiger partial charge in [0.2, 0.25) is 0 Å². The predicted molar refractivity (Wildman–Crippen MR) is 141 cm³/mol. The molecule has 11 heteroatoms. The van der Waals surface area contributed by atoms with Gasteiger partial charge < -0.3 is 14.0 Å². The van der Waals surface area contributed by atoms with Crippen LogP contribution in [0, 0.1) is 19.8 Å². The van der Waals surface area contributed by atoms with E-state index < -0.39 is 5.97 Å². The number of carbonyl (C=O) groups is 1. The van der Waals surface area contributed by atoms with Crippen LogP contribution in [0.1, 0.15) is 46.2 Å². The molecule has 0 spiro atoms. The zero-order valence-electron chi connectivity index (χ0n) is 22.2. The molecule has 0 amide bonds. The van der Waals surface area contributed by atoms with E-state index in [1.54, 1.807) is 9.36 Å². The fourth-order valence-electron chi connectivity index (χ4n) is 5.88. The summed E-state index contributed by atoms with van der Waals surface area (Å²) in [7, 11) is 5.09. The normalized spacial score (nSPS) is 15.4. The lowest BCUT2D eigenvalue weighted by molar-refractivity contribution is 0.0547. The Labute approximate surface area is 219 Å². The van der Waals surface area contributed by atoms with Gasteiger partial charge in [-0.2, -0.15) is 5.10 Å². The second-order valence-corrected chi connectivity index (χ2v) is 9.90. The minimum absolute atomic E-state index is 0.122. The molecule has 0 radical (unpaired) electrons. The third-order valence-corrected chi connectivity index (χ3v) is 7.65. The maximum absolute atomic E-state index is 13.0. The van der Waals surface area contributed by atoms with Gasteiger partial charge in [0.05, 0.1) is 30.1 Å². The van der Waals surface area contributed by atoms with Gasteiger partial charge in [-0.25, -0.2) is 9.48 Å². The molecule has 1 atom stereocenters. The van der Waals surface area contributed by atoms with Crippen molar-refractivity contribution in [2.75, 3.05) is 20.3 Å². The highest BCUT2D eigenvalue weighted by Crippen LogP contribution is 2.42. The number of esters is 1. The average molecular weight is 515 g/mol. The zero-order chi connectivity index (χ0) is 26.6. The van der Waals surface area contributed by atoms with Crippen molar-refractivity contribution in [2.24, 2.45) is 20.0 Å². The number of hydrogen-bond acceptors (Lipinski definition) is 8. The first-order chi connectivity index (χ1) is 18.4. The van der Waals surface area contributed by atoms with Gasteiger partial charge in [-0.15, -0.1) is 5.10 Å². The van der Waals surface area contributed by atoms with Crippen LogP contribution in [0.5, 0.6) is 0 Å². The summed E-state index contributed by atoms with van der Waals surface area (Å²) in [6.45, 7) is 5.41. The minimum atomic E-state index is -0.486. The molecule has 11 nitrogen and oxygen atoms in total. The molecule has 5 aromatic rings. The van der Waals surface area contributed by atoms with E-state index in [0.29, 0.717) is 18.7 Å². The number of nitrogens with zero attached hydrogens (tertiary/aromatic N) is 8. The van der Waals surface area contributed by atoms with E-state index in [4.69, 9.17) is 14.5 Å². The van der Waals surface area contributed by atoms with Crippen LogP contribution in [-0.2, 0) is 23.6 Å². The van der Waals surface area contributed by atoms with E-state index in [9.17, 15) is 4.79 Å². The van der Waals surface area contributed by atoms with E-state index >= 15 is 0 Å². The molecule has 1 aliphatic rings. The number of ether oxygens (including phenoxy) is 2. The molecule has 1 unspecified atom stereocenters. The summed E-state index contributed by atoms with van der Waals surface area (Å²) in [5.74, 6) is -0.236. The van der Waals surface area contributed by atoms with E-state index in [1.165, 1.54) is 7.11 Å². The van der Waals surface area contributed by atoms with Crippen LogP contribution >= 0.6 is 0 Å². The summed E-state index contributed by atoms with van der Waals surface area (Å²) >= 11 is 0. The Morgan fingerprint density at radius 1 is 1.13 bits per heavy atom. The molecular weight excluding hydrogens is 484 g/mol. The number of pyridine rings is 2. The molecule has 6 heterocycles. The monoisotopic (exact) mass is 514 g/mol. The summed E-state index contributed by atoms with van der Waals surface area (Å²) in [5.41, 5.74) is 8.25. The molecule has 0 bridgehead atoms. The van der Waals surface area contributed by atoms with Gasteiger partial charge in [-0.05, 0) is 55.9 Å². The fraction of sp³-hybridized carbons (Fsp3) is 0.407. The van der Waals surface area contributed by atoms with Crippen LogP contribution in [0.15, 0.2) is 30.7 Å². The molecule has 38 heavy (non-hydrogen) atoms. The standard InChI is InChI=1S/C27H30N8O3/c1-15-6-9-28-14-19(15)24(17-7-10-38-11-8-17)35-20-12-18(23-16(2)30-32-34(23)4)13-29-21(20)25-26(35)22(27(36)37-5)31-33(25)3/h6,9,12-14,17,24H,7-8,10-11H2,1-5H3. The number of carbonyl (C=O) groups excluding carboxylic acids is 1. The van der Waals surface area contributed by atoms with Gasteiger partial charge in [0.1, 0.15) is 16.6 Å². The van der Waals surface area contributed by atoms with Crippen LogP contribution in [0.3, 0.4) is 0 Å². The van der Waals surface area contributed by atoms with Crippen LogP contribution < -0.4 is 0 Å². The molecule has 0 N–H and O–H groups in total. The van der Waals surface area contributed by atoms with Crippen molar-refractivity contribution in [1.29, 1.82) is 0 Å². The Balaban J connectivity index is 1.74. The Hall–Kier alpha value is -4.12. The van der Waals surface area contributed by atoms with Crippen molar-refractivity contribution in [3.05, 3.63) is 53.2 Å². The molecule has 0 aliphatic carbocycles. The second kappa shape index (κ2) is 9.32. The molecule has 0 saturated carbocycles. The van der Waals surface area contributed by atoms with Crippen LogP contribution in [-0.4, -0.2) is 65.6 Å². The van der Waals surface area contributed by atoms with Crippen molar-refractivity contribution in [2.45, 2.75) is 32.7 Å². The minimum Gasteiger partial charge on any atom is -0.464 e. The quantitative estimate of drug-likeness (QED) is 0.327. The first-order valence-electron chi connectivity index (χ1n) is 12.7. The van der Waals surface area contributed by atoms with Crippen molar-refractivity contribution >= 4 is 28.0 Å². The van der Waals surface area contributed by atoms with Gasteiger partial charge in [-0.3, -0.25) is 14.6 Å².